The van der Waals surface area contributed by atoms with Gasteiger partial charge in [-0.25, -0.2) is 0 Å². The normalized spacial score (nSPS) is 11.1. The summed E-state index contributed by atoms with van der Waals surface area (Å²) in [6.45, 7) is 3.93. The molecule has 126 valence electrons. The first-order chi connectivity index (χ1) is 12.0. The van der Waals surface area contributed by atoms with Crippen LogP contribution in [0, 0.1) is 24.0 Å². The number of carbonyl (C=O) groups is 1. The fourth-order valence-electron chi connectivity index (χ4n) is 2.63. The first kappa shape index (κ1) is 16.9. The van der Waals surface area contributed by atoms with Crippen LogP contribution in [0.4, 0.5) is 5.69 Å². The minimum Gasteiger partial charge on any atom is -0.317 e. The number of aryl methyl sites for hydroxylation is 2. The molecular weight excluding hydrogens is 336 g/mol. The van der Waals surface area contributed by atoms with E-state index in [1.165, 1.54) is 12.1 Å². The number of rotatable bonds is 5. The molecule has 0 aliphatic rings. The van der Waals surface area contributed by atoms with Crippen molar-refractivity contribution in [3.8, 4) is 5.69 Å². The summed E-state index contributed by atoms with van der Waals surface area (Å²) in [7, 11) is 0. The standard InChI is InChI=1S/C19H16N2O3S/c1-13-12-18(14(2)25-13)19(22)10-9-15-4-3-11-20(15)16-5-7-17(8-6-16)21(23)24/h3-12H,1-2H3/b10-9+. The SMILES string of the molecule is Cc1cc(C(=O)/C=C/c2cccn2-c2ccc([N+](=O)[O-])cc2)c(C)s1. The molecule has 0 fully saturated rings. The highest BCUT2D eigenvalue weighted by molar-refractivity contribution is 7.12. The van der Waals surface area contributed by atoms with Gasteiger partial charge in [0.25, 0.3) is 5.69 Å². The van der Waals surface area contributed by atoms with Crippen molar-refractivity contribution in [2.75, 3.05) is 0 Å². The van der Waals surface area contributed by atoms with Crippen LogP contribution in [0.2, 0.25) is 0 Å². The van der Waals surface area contributed by atoms with Gasteiger partial charge in [-0.2, -0.15) is 0 Å². The van der Waals surface area contributed by atoms with Crippen molar-refractivity contribution >= 4 is 28.9 Å². The highest BCUT2D eigenvalue weighted by atomic mass is 32.1. The topological polar surface area (TPSA) is 65.1 Å². The zero-order chi connectivity index (χ0) is 18.0. The number of carbonyl (C=O) groups excluding carboxylic acids is 1. The van der Waals surface area contributed by atoms with E-state index in [-0.39, 0.29) is 11.5 Å². The number of hydrogen-bond donors (Lipinski definition) is 0. The van der Waals surface area contributed by atoms with Gasteiger partial charge in [0, 0.05) is 45.0 Å². The quantitative estimate of drug-likeness (QED) is 0.282. The predicted octanol–water partition coefficient (Wildman–Crippen LogP) is 4.96. The van der Waals surface area contributed by atoms with Crippen molar-refractivity contribution in [3.63, 3.8) is 0 Å². The monoisotopic (exact) mass is 352 g/mol. The Bertz CT molecular complexity index is 965. The van der Waals surface area contributed by atoms with E-state index in [1.54, 1.807) is 35.6 Å². The van der Waals surface area contributed by atoms with E-state index in [0.29, 0.717) is 0 Å². The van der Waals surface area contributed by atoms with Gasteiger partial charge in [0.05, 0.1) is 4.92 Å². The summed E-state index contributed by atoms with van der Waals surface area (Å²) in [4.78, 5) is 24.8. The van der Waals surface area contributed by atoms with Crippen molar-refractivity contribution in [2.45, 2.75) is 13.8 Å². The van der Waals surface area contributed by atoms with Crippen LogP contribution < -0.4 is 0 Å². The zero-order valence-corrected chi connectivity index (χ0v) is 14.6. The molecule has 5 nitrogen and oxygen atoms in total. The number of aromatic nitrogens is 1. The van der Waals surface area contributed by atoms with Crippen LogP contribution in [0.25, 0.3) is 11.8 Å². The van der Waals surface area contributed by atoms with Crippen LogP contribution in [0.15, 0.2) is 54.7 Å². The van der Waals surface area contributed by atoms with E-state index in [1.807, 2.05) is 42.8 Å². The van der Waals surface area contributed by atoms with Crippen LogP contribution in [0.1, 0.15) is 25.8 Å². The smallest absolute Gasteiger partial charge is 0.269 e. The molecule has 0 amide bonds. The second-order valence-corrected chi connectivity index (χ2v) is 7.06. The van der Waals surface area contributed by atoms with Crippen LogP contribution in [-0.4, -0.2) is 15.3 Å². The van der Waals surface area contributed by atoms with Crippen LogP contribution >= 0.6 is 11.3 Å². The highest BCUT2D eigenvalue weighted by Crippen LogP contribution is 2.22. The molecule has 0 aliphatic carbocycles. The third kappa shape index (κ3) is 3.59. The van der Waals surface area contributed by atoms with Crippen LogP contribution in [0.3, 0.4) is 0 Å². The fourth-order valence-corrected chi connectivity index (χ4v) is 3.56. The van der Waals surface area contributed by atoms with Crippen molar-refractivity contribution in [2.24, 2.45) is 0 Å². The zero-order valence-electron chi connectivity index (χ0n) is 13.8. The summed E-state index contributed by atoms with van der Waals surface area (Å²) in [5.41, 5.74) is 2.40. The molecule has 6 heteroatoms. The minimum absolute atomic E-state index is 0.0294. The first-order valence-electron chi connectivity index (χ1n) is 7.67. The molecule has 0 radical (unpaired) electrons. The third-order valence-corrected chi connectivity index (χ3v) is 4.80. The number of benzene rings is 1. The summed E-state index contributed by atoms with van der Waals surface area (Å²) < 4.78 is 1.87. The Morgan fingerprint density at radius 1 is 1.20 bits per heavy atom. The van der Waals surface area contributed by atoms with Gasteiger partial charge < -0.3 is 4.57 Å². The number of hydrogen-bond acceptors (Lipinski definition) is 4. The Morgan fingerprint density at radius 2 is 1.92 bits per heavy atom. The molecule has 0 spiro atoms. The predicted molar refractivity (Wildman–Crippen MR) is 99.6 cm³/mol. The molecule has 2 heterocycles. The molecule has 0 unspecified atom stereocenters. The van der Waals surface area contributed by atoms with E-state index in [2.05, 4.69) is 0 Å². The summed E-state index contributed by atoms with van der Waals surface area (Å²) in [5, 5.41) is 10.8. The van der Waals surface area contributed by atoms with Crippen LogP contribution in [0.5, 0.6) is 0 Å². The lowest BCUT2D eigenvalue weighted by atomic mass is 10.1. The number of thiophene rings is 1. The van der Waals surface area contributed by atoms with E-state index in [0.717, 1.165) is 26.7 Å². The Hall–Kier alpha value is -2.99. The second kappa shape index (κ2) is 6.86. The molecule has 0 N–H and O–H groups in total. The molecule has 0 saturated heterocycles. The van der Waals surface area contributed by atoms with E-state index < -0.39 is 4.92 Å². The maximum Gasteiger partial charge on any atom is 0.269 e. The average molecular weight is 352 g/mol. The lowest BCUT2D eigenvalue weighted by Crippen LogP contribution is -1.97. The summed E-state index contributed by atoms with van der Waals surface area (Å²) in [6.07, 6.45) is 5.17. The fraction of sp³-hybridized carbons (Fsp3) is 0.105. The van der Waals surface area contributed by atoms with Gasteiger partial charge >= 0.3 is 0 Å². The number of nitro groups is 1. The number of allylic oxidation sites excluding steroid dienone is 1. The lowest BCUT2D eigenvalue weighted by molar-refractivity contribution is -0.384. The number of ketones is 1. The summed E-state index contributed by atoms with van der Waals surface area (Å²) in [6, 6.07) is 12.0. The Labute approximate surface area is 149 Å². The molecule has 1 aromatic carbocycles. The molecule has 0 aliphatic heterocycles. The lowest BCUT2D eigenvalue weighted by Gasteiger charge is -2.06. The average Bonchev–Trinajstić information content (AvgIpc) is 3.18. The maximum atomic E-state index is 12.4. The molecule has 3 rings (SSSR count). The van der Waals surface area contributed by atoms with Gasteiger partial charge in [-0.1, -0.05) is 0 Å². The Kier molecular flexibility index (Phi) is 4.63. The van der Waals surface area contributed by atoms with Gasteiger partial charge in [-0.15, -0.1) is 11.3 Å². The van der Waals surface area contributed by atoms with Gasteiger partial charge in [-0.3, -0.25) is 14.9 Å². The van der Waals surface area contributed by atoms with Crippen molar-refractivity contribution in [3.05, 3.63) is 85.9 Å². The third-order valence-electron chi connectivity index (χ3n) is 3.83. The molecule has 0 atom stereocenters. The largest absolute Gasteiger partial charge is 0.317 e. The second-order valence-electron chi connectivity index (χ2n) is 5.60. The molecule has 0 saturated carbocycles. The maximum absolute atomic E-state index is 12.4. The molecule has 2 aromatic heterocycles. The van der Waals surface area contributed by atoms with Gasteiger partial charge in [0.1, 0.15) is 0 Å². The van der Waals surface area contributed by atoms with Crippen molar-refractivity contribution in [1.29, 1.82) is 0 Å². The van der Waals surface area contributed by atoms with E-state index in [4.69, 9.17) is 0 Å². The summed E-state index contributed by atoms with van der Waals surface area (Å²) >= 11 is 1.61. The van der Waals surface area contributed by atoms with Gasteiger partial charge in [0.2, 0.25) is 0 Å². The van der Waals surface area contributed by atoms with E-state index in [9.17, 15) is 14.9 Å². The molecular formula is C19H16N2O3S. The summed E-state index contributed by atoms with van der Waals surface area (Å²) in [5.74, 6) is -0.0294. The Balaban J connectivity index is 1.85. The highest BCUT2D eigenvalue weighted by Gasteiger charge is 2.10. The van der Waals surface area contributed by atoms with Gasteiger partial charge in [0.15, 0.2) is 5.78 Å². The minimum atomic E-state index is -0.426. The van der Waals surface area contributed by atoms with Gasteiger partial charge in [-0.05, 0) is 56.3 Å². The van der Waals surface area contributed by atoms with E-state index >= 15 is 0 Å². The number of non-ortho nitro benzene ring substituents is 1. The molecule has 3 aromatic rings. The first-order valence-corrected chi connectivity index (χ1v) is 8.49. The Morgan fingerprint density at radius 3 is 2.52 bits per heavy atom. The van der Waals surface area contributed by atoms with Crippen molar-refractivity contribution < 1.29 is 9.72 Å². The molecule has 25 heavy (non-hydrogen) atoms. The number of nitro benzene ring substituents is 1. The van der Waals surface area contributed by atoms with Crippen LogP contribution in [-0.2, 0) is 0 Å². The van der Waals surface area contributed by atoms with Crippen molar-refractivity contribution in [1.82, 2.24) is 4.57 Å². The molecule has 0 bridgehead atoms. The number of nitrogens with zero attached hydrogens (tertiary/aromatic N) is 2.